The van der Waals surface area contributed by atoms with Gasteiger partial charge < -0.3 is 39.0 Å². The molecule has 3 atom stereocenters. The van der Waals surface area contributed by atoms with Crippen molar-refractivity contribution in [2.75, 3.05) is 13.2 Å². The van der Waals surface area contributed by atoms with E-state index in [9.17, 15) is 4.79 Å². The van der Waals surface area contributed by atoms with E-state index in [0.717, 1.165) is 25.8 Å². The van der Waals surface area contributed by atoms with E-state index >= 15 is 0 Å². The number of quaternary nitrogens is 1. The highest BCUT2D eigenvalue weighted by Gasteiger charge is 2.41. The van der Waals surface area contributed by atoms with Crippen LogP contribution >= 0.6 is 0 Å². The number of aromatic nitrogens is 1. The van der Waals surface area contributed by atoms with Crippen LogP contribution in [0.3, 0.4) is 0 Å². The standard InChI is InChI=1S/C18H22N2O2.HI/c1-2-6-22-18(21)12-7-14-13-4-3-5-15-17(13)11(9-19-15)8-16(14)20-10-12;/h3-5,9,12,14,16,19-20H,2,6-8,10H2,1H3;1H/t12-,14-,16-;/m1./s1. The van der Waals surface area contributed by atoms with E-state index in [0.29, 0.717) is 18.6 Å². The molecule has 23 heavy (non-hydrogen) atoms. The minimum atomic E-state index is -0.0106. The summed E-state index contributed by atoms with van der Waals surface area (Å²) in [7, 11) is 0. The van der Waals surface area contributed by atoms with E-state index in [4.69, 9.17) is 4.74 Å². The number of rotatable bonds is 3. The maximum absolute atomic E-state index is 12.2. The summed E-state index contributed by atoms with van der Waals surface area (Å²) in [6.07, 6.45) is 5.06. The van der Waals surface area contributed by atoms with Gasteiger partial charge in [-0.2, -0.15) is 0 Å². The maximum atomic E-state index is 12.2. The van der Waals surface area contributed by atoms with Gasteiger partial charge in [0.25, 0.3) is 0 Å². The molecule has 1 aromatic carbocycles. The predicted molar refractivity (Wildman–Crippen MR) is 84.7 cm³/mol. The lowest BCUT2D eigenvalue weighted by Crippen LogP contribution is -3.00. The maximum Gasteiger partial charge on any atom is 0.314 e. The van der Waals surface area contributed by atoms with E-state index in [1.807, 2.05) is 6.92 Å². The van der Waals surface area contributed by atoms with Gasteiger partial charge in [-0.05, 0) is 30.0 Å². The summed E-state index contributed by atoms with van der Waals surface area (Å²) in [5, 5.41) is 3.75. The van der Waals surface area contributed by atoms with Crippen molar-refractivity contribution in [3.8, 4) is 0 Å². The first-order valence-corrected chi connectivity index (χ1v) is 8.36. The number of ether oxygens (including phenoxy) is 1. The van der Waals surface area contributed by atoms with Gasteiger partial charge in [0.1, 0.15) is 5.92 Å². The van der Waals surface area contributed by atoms with Crippen LogP contribution in [0.4, 0.5) is 0 Å². The van der Waals surface area contributed by atoms with E-state index in [-0.39, 0.29) is 35.9 Å². The van der Waals surface area contributed by atoms with Crippen molar-refractivity contribution in [3.05, 3.63) is 35.5 Å². The molecular weight excluding hydrogens is 403 g/mol. The molecule has 2 aliphatic rings. The minimum absolute atomic E-state index is 0. The number of hydrogen-bond acceptors (Lipinski definition) is 2. The fourth-order valence-electron chi connectivity index (χ4n) is 4.19. The average Bonchev–Trinajstić information content (AvgIpc) is 2.97. The summed E-state index contributed by atoms with van der Waals surface area (Å²) in [5.74, 6) is 0.479. The Balaban J connectivity index is 0.00000156. The van der Waals surface area contributed by atoms with Gasteiger partial charge in [0.05, 0.1) is 19.2 Å². The largest absolute Gasteiger partial charge is 1.00 e. The van der Waals surface area contributed by atoms with Crippen molar-refractivity contribution in [1.29, 1.82) is 0 Å². The molecule has 1 aliphatic carbocycles. The van der Waals surface area contributed by atoms with Crippen molar-refractivity contribution in [2.24, 2.45) is 5.92 Å². The first-order chi connectivity index (χ1) is 10.8. The van der Waals surface area contributed by atoms with Gasteiger partial charge in [0.15, 0.2) is 0 Å². The van der Waals surface area contributed by atoms with Crippen LogP contribution in [-0.4, -0.2) is 30.1 Å². The molecule has 1 aromatic heterocycles. The summed E-state index contributed by atoms with van der Waals surface area (Å²) in [4.78, 5) is 15.6. The molecule has 1 fully saturated rings. The highest BCUT2D eigenvalue weighted by molar-refractivity contribution is 5.88. The van der Waals surface area contributed by atoms with Crippen molar-refractivity contribution in [1.82, 2.24) is 4.98 Å². The quantitative estimate of drug-likeness (QED) is 0.475. The van der Waals surface area contributed by atoms with Gasteiger partial charge >= 0.3 is 5.97 Å². The van der Waals surface area contributed by atoms with E-state index in [1.54, 1.807) is 0 Å². The second-order valence-corrected chi connectivity index (χ2v) is 6.63. The molecule has 0 radical (unpaired) electrons. The molecule has 1 saturated heterocycles. The summed E-state index contributed by atoms with van der Waals surface area (Å²) >= 11 is 0. The fraction of sp³-hybridized carbons (Fsp3) is 0.500. The molecule has 0 saturated carbocycles. The Labute approximate surface area is 153 Å². The first kappa shape index (κ1) is 16.8. The van der Waals surface area contributed by atoms with Gasteiger partial charge in [0.2, 0.25) is 0 Å². The topological polar surface area (TPSA) is 58.7 Å². The lowest BCUT2D eigenvalue weighted by Gasteiger charge is -2.36. The number of hydrogen-bond donors (Lipinski definition) is 2. The number of nitrogens with two attached hydrogens (primary N) is 1. The molecule has 3 N–H and O–H groups in total. The van der Waals surface area contributed by atoms with E-state index < -0.39 is 0 Å². The number of nitrogens with one attached hydrogen (secondary N) is 1. The van der Waals surface area contributed by atoms with Crippen molar-refractivity contribution in [3.63, 3.8) is 0 Å². The van der Waals surface area contributed by atoms with Gasteiger partial charge in [-0.1, -0.05) is 19.1 Å². The van der Waals surface area contributed by atoms with Crippen LogP contribution in [-0.2, 0) is 16.0 Å². The van der Waals surface area contributed by atoms with Crippen LogP contribution in [0.15, 0.2) is 24.4 Å². The lowest BCUT2D eigenvalue weighted by molar-refractivity contribution is -0.704. The molecule has 2 aromatic rings. The molecule has 124 valence electrons. The van der Waals surface area contributed by atoms with E-state index in [1.165, 1.54) is 22.0 Å². The highest BCUT2D eigenvalue weighted by atomic mass is 127. The molecule has 0 spiro atoms. The predicted octanol–water partition coefficient (Wildman–Crippen LogP) is -1.28. The molecule has 0 amide bonds. The number of fused-ring (bicyclic) bond motifs is 2. The third-order valence-corrected chi connectivity index (χ3v) is 5.24. The van der Waals surface area contributed by atoms with Crippen LogP contribution in [0.25, 0.3) is 10.9 Å². The monoisotopic (exact) mass is 426 g/mol. The number of aromatic amines is 1. The zero-order valence-electron chi connectivity index (χ0n) is 13.3. The number of carbonyl (C=O) groups excluding carboxylic acids is 1. The van der Waals surface area contributed by atoms with Crippen LogP contribution < -0.4 is 29.3 Å². The van der Waals surface area contributed by atoms with Crippen LogP contribution in [0.5, 0.6) is 0 Å². The SMILES string of the molecule is CCCOC(=O)[C@H]1C[NH2+][C@@H]2Cc3c[nH]c4cccc(c34)[C@H]2C1.[I-]. The minimum Gasteiger partial charge on any atom is -1.00 e. The average molecular weight is 426 g/mol. The number of carbonyl (C=O) groups is 1. The highest BCUT2D eigenvalue weighted by Crippen LogP contribution is 2.40. The molecule has 2 heterocycles. The second-order valence-electron chi connectivity index (χ2n) is 6.63. The first-order valence-electron chi connectivity index (χ1n) is 8.36. The van der Waals surface area contributed by atoms with Gasteiger partial charge in [-0.25, -0.2) is 0 Å². The summed E-state index contributed by atoms with van der Waals surface area (Å²) in [5.41, 5.74) is 4.06. The molecular formula is C18H23IN2O2. The Morgan fingerprint density at radius 3 is 3.13 bits per heavy atom. The Morgan fingerprint density at radius 1 is 1.43 bits per heavy atom. The Morgan fingerprint density at radius 2 is 2.30 bits per heavy atom. The van der Waals surface area contributed by atoms with Crippen LogP contribution in [0.1, 0.15) is 36.8 Å². The zero-order chi connectivity index (χ0) is 15.1. The zero-order valence-corrected chi connectivity index (χ0v) is 15.5. The van der Waals surface area contributed by atoms with Crippen molar-refractivity contribution < 1.29 is 38.8 Å². The molecule has 0 unspecified atom stereocenters. The third-order valence-electron chi connectivity index (χ3n) is 5.24. The van der Waals surface area contributed by atoms with E-state index in [2.05, 4.69) is 34.7 Å². The van der Waals surface area contributed by atoms with Gasteiger partial charge in [0, 0.05) is 29.4 Å². The van der Waals surface area contributed by atoms with Crippen molar-refractivity contribution in [2.45, 2.75) is 38.1 Å². The van der Waals surface area contributed by atoms with Crippen LogP contribution in [0, 0.1) is 5.92 Å². The van der Waals surface area contributed by atoms with Crippen molar-refractivity contribution >= 4 is 16.9 Å². The lowest BCUT2D eigenvalue weighted by atomic mass is 9.73. The fourth-order valence-corrected chi connectivity index (χ4v) is 4.19. The normalized spacial score (nSPS) is 25.5. The number of halogens is 1. The summed E-state index contributed by atoms with van der Waals surface area (Å²) in [6, 6.07) is 7.06. The number of esters is 1. The molecule has 5 heteroatoms. The summed E-state index contributed by atoms with van der Waals surface area (Å²) < 4.78 is 5.37. The number of H-pyrrole nitrogens is 1. The molecule has 1 aliphatic heterocycles. The molecule has 0 bridgehead atoms. The van der Waals surface area contributed by atoms with Crippen LogP contribution in [0.2, 0.25) is 0 Å². The summed E-state index contributed by atoms with van der Waals surface area (Å²) in [6.45, 7) is 3.44. The molecule has 4 rings (SSSR count). The smallest absolute Gasteiger partial charge is 0.314 e. The second kappa shape index (κ2) is 6.81. The Kier molecular flexibility index (Phi) is 4.96. The number of piperidine rings is 1. The number of benzene rings is 1. The Bertz CT molecular complexity index is 712. The Hall–Kier alpha value is -1.08. The molecule has 4 nitrogen and oxygen atoms in total. The third kappa shape index (κ3) is 2.89. The van der Waals surface area contributed by atoms with Gasteiger partial charge in [-0.15, -0.1) is 0 Å². The van der Waals surface area contributed by atoms with Gasteiger partial charge in [-0.3, -0.25) is 4.79 Å².